The molecule has 5 aliphatic heterocycles. The van der Waals surface area contributed by atoms with Crippen molar-refractivity contribution < 1.29 is 38.7 Å². The van der Waals surface area contributed by atoms with Crippen LogP contribution in [0.5, 0.6) is 11.5 Å². The van der Waals surface area contributed by atoms with E-state index in [0.29, 0.717) is 30.8 Å². The lowest BCUT2D eigenvalue weighted by atomic mass is 9.78. The van der Waals surface area contributed by atoms with Gasteiger partial charge >= 0.3 is 5.97 Å². The average Bonchev–Trinajstić information content (AvgIpc) is 3.42. The molecule has 1 aromatic rings. The SMILES string of the molecule is CO[C@]12C[C@]34CCCN3C[C@H](O1)c1cc3c(cc1[C@@H]4C2OC(=O)[C@@](C)(O)CCCC(C)(C)O)OCO3. The number of esters is 1. The van der Waals surface area contributed by atoms with E-state index >= 15 is 0 Å². The second-order valence-corrected chi connectivity index (χ2v) is 12.0. The Hall–Kier alpha value is -1.91. The van der Waals surface area contributed by atoms with Crippen LogP contribution in [-0.2, 0) is 19.0 Å². The van der Waals surface area contributed by atoms with Crippen LogP contribution in [-0.4, -0.2) is 76.7 Å². The van der Waals surface area contributed by atoms with Gasteiger partial charge in [-0.3, -0.25) is 4.90 Å². The summed E-state index contributed by atoms with van der Waals surface area (Å²) in [5, 5.41) is 21.1. The van der Waals surface area contributed by atoms with Crippen molar-refractivity contribution >= 4 is 5.97 Å². The third kappa shape index (κ3) is 3.58. The van der Waals surface area contributed by atoms with Gasteiger partial charge in [-0.1, -0.05) is 0 Å². The molecule has 0 radical (unpaired) electrons. The molecule has 198 valence electrons. The van der Waals surface area contributed by atoms with Gasteiger partial charge in [-0.25, -0.2) is 4.79 Å². The van der Waals surface area contributed by atoms with E-state index in [2.05, 4.69) is 4.90 Å². The lowest BCUT2D eigenvalue weighted by Gasteiger charge is -2.40. The molecule has 36 heavy (non-hydrogen) atoms. The lowest BCUT2D eigenvalue weighted by molar-refractivity contribution is -0.284. The van der Waals surface area contributed by atoms with Gasteiger partial charge in [0.1, 0.15) is 0 Å². The van der Waals surface area contributed by atoms with Crippen molar-refractivity contribution in [2.45, 2.75) is 100.0 Å². The number of carbonyl (C=O) groups is 1. The number of hydrogen-bond acceptors (Lipinski definition) is 9. The van der Waals surface area contributed by atoms with Crippen LogP contribution in [0, 0.1) is 0 Å². The molecule has 6 aliphatic rings. The van der Waals surface area contributed by atoms with Crippen LogP contribution in [0.2, 0.25) is 0 Å². The summed E-state index contributed by atoms with van der Waals surface area (Å²) in [5.74, 6) is -0.631. The third-order valence-corrected chi connectivity index (χ3v) is 8.99. The van der Waals surface area contributed by atoms with Crippen LogP contribution in [0.25, 0.3) is 0 Å². The zero-order chi connectivity index (χ0) is 25.5. The summed E-state index contributed by atoms with van der Waals surface area (Å²) in [6.07, 6.45) is 2.72. The van der Waals surface area contributed by atoms with Gasteiger partial charge in [0, 0.05) is 31.5 Å². The second-order valence-electron chi connectivity index (χ2n) is 12.0. The number of fused-ring (bicyclic) bond motifs is 1. The van der Waals surface area contributed by atoms with Crippen molar-refractivity contribution in [2.24, 2.45) is 0 Å². The topological polar surface area (TPSA) is 107 Å². The van der Waals surface area contributed by atoms with E-state index in [1.807, 2.05) is 12.1 Å². The van der Waals surface area contributed by atoms with Crippen molar-refractivity contribution in [2.75, 3.05) is 27.0 Å². The van der Waals surface area contributed by atoms with Crippen molar-refractivity contribution in [3.8, 4) is 11.5 Å². The maximum absolute atomic E-state index is 13.5. The molecule has 4 bridgehead atoms. The molecule has 9 nitrogen and oxygen atoms in total. The molecular formula is C27H37NO8. The summed E-state index contributed by atoms with van der Waals surface area (Å²) in [7, 11) is 1.61. The monoisotopic (exact) mass is 503 g/mol. The molecular weight excluding hydrogens is 466 g/mol. The smallest absolute Gasteiger partial charge is 0.338 e. The molecule has 1 aromatic carbocycles. The zero-order valence-corrected chi connectivity index (χ0v) is 21.5. The highest BCUT2D eigenvalue weighted by Crippen LogP contribution is 2.65. The molecule has 2 saturated heterocycles. The van der Waals surface area contributed by atoms with E-state index in [1.165, 1.54) is 6.92 Å². The maximum atomic E-state index is 13.5. The van der Waals surface area contributed by atoms with Gasteiger partial charge in [0.2, 0.25) is 12.6 Å². The summed E-state index contributed by atoms with van der Waals surface area (Å²) in [4.78, 5) is 16.0. The van der Waals surface area contributed by atoms with Crippen LogP contribution in [0.3, 0.4) is 0 Å². The summed E-state index contributed by atoms with van der Waals surface area (Å²) >= 11 is 0. The highest BCUT2D eigenvalue weighted by Gasteiger charge is 2.72. The molecule has 1 aliphatic carbocycles. The molecule has 2 N–H and O–H groups in total. The first-order valence-electron chi connectivity index (χ1n) is 13.1. The number of benzene rings is 1. The average molecular weight is 504 g/mol. The minimum absolute atomic E-state index is 0.180. The minimum Gasteiger partial charge on any atom is -0.454 e. The molecule has 1 unspecified atom stereocenters. The molecule has 1 spiro atoms. The molecule has 0 amide bonds. The highest BCUT2D eigenvalue weighted by atomic mass is 16.7. The maximum Gasteiger partial charge on any atom is 0.338 e. The van der Waals surface area contributed by atoms with E-state index in [4.69, 9.17) is 23.7 Å². The van der Waals surface area contributed by atoms with Gasteiger partial charge in [-0.15, -0.1) is 0 Å². The fourth-order valence-corrected chi connectivity index (χ4v) is 7.28. The minimum atomic E-state index is -1.70. The van der Waals surface area contributed by atoms with E-state index in [-0.39, 0.29) is 30.8 Å². The van der Waals surface area contributed by atoms with Crippen molar-refractivity contribution in [3.63, 3.8) is 0 Å². The number of ether oxygens (including phenoxy) is 5. The largest absolute Gasteiger partial charge is 0.454 e. The highest BCUT2D eigenvalue weighted by molar-refractivity contribution is 5.79. The van der Waals surface area contributed by atoms with E-state index in [1.54, 1.807) is 21.0 Å². The normalized spacial score (nSPS) is 35.8. The Labute approximate surface area is 211 Å². The predicted molar refractivity (Wildman–Crippen MR) is 128 cm³/mol. The first kappa shape index (κ1) is 24.4. The van der Waals surface area contributed by atoms with Gasteiger partial charge in [-0.05, 0) is 82.7 Å². The fourth-order valence-electron chi connectivity index (χ4n) is 7.28. The van der Waals surface area contributed by atoms with E-state index < -0.39 is 29.1 Å². The van der Waals surface area contributed by atoms with Crippen LogP contribution in [0.4, 0.5) is 0 Å². The number of rotatable bonds is 7. The summed E-state index contributed by atoms with van der Waals surface area (Å²) in [6.45, 7) is 6.79. The molecule has 3 fully saturated rings. The Morgan fingerprint density at radius 1 is 1.17 bits per heavy atom. The fraction of sp³-hybridized carbons (Fsp3) is 0.741. The number of aliphatic hydroxyl groups is 2. The summed E-state index contributed by atoms with van der Waals surface area (Å²) in [6, 6.07) is 4.04. The van der Waals surface area contributed by atoms with Crippen LogP contribution >= 0.6 is 0 Å². The Balaban J connectivity index is 1.38. The lowest BCUT2D eigenvalue weighted by Crippen LogP contribution is -2.51. The van der Waals surface area contributed by atoms with Gasteiger partial charge in [0.15, 0.2) is 23.2 Å². The van der Waals surface area contributed by atoms with E-state index in [0.717, 1.165) is 37.1 Å². The summed E-state index contributed by atoms with van der Waals surface area (Å²) in [5.41, 5.74) is -0.773. The van der Waals surface area contributed by atoms with Crippen molar-refractivity contribution in [1.29, 1.82) is 0 Å². The van der Waals surface area contributed by atoms with Crippen LogP contribution < -0.4 is 9.47 Å². The Bertz CT molecular complexity index is 1070. The second kappa shape index (κ2) is 8.04. The standard InChI is InChI=1S/C27H37NO8/c1-24(2,30)7-5-8-25(3,31)23(29)35-22-21-17-12-19-18(33-15-34-19)11-16(17)20-13-28-10-6-9-26(21,28)14-27(22,32-4)36-20/h11-12,20-22,30-31H,5-10,13-15H2,1-4H3/t20-,21+,22?,25-,26-,27+/m0/s1. The zero-order valence-electron chi connectivity index (χ0n) is 21.5. The number of hydrogen-bond donors (Lipinski definition) is 2. The molecule has 9 heteroatoms. The molecule has 0 aromatic heterocycles. The van der Waals surface area contributed by atoms with Crippen molar-refractivity contribution in [3.05, 3.63) is 23.3 Å². The van der Waals surface area contributed by atoms with Crippen molar-refractivity contribution in [1.82, 2.24) is 4.90 Å². The van der Waals surface area contributed by atoms with E-state index in [9.17, 15) is 15.0 Å². The third-order valence-electron chi connectivity index (χ3n) is 8.99. The van der Waals surface area contributed by atoms with Gasteiger partial charge in [-0.2, -0.15) is 0 Å². The number of nitrogens with zero attached hydrogens (tertiary/aromatic N) is 1. The Morgan fingerprint density at radius 2 is 1.89 bits per heavy atom. The quantitative estimate of drug-likeness (QED) is 0.543. The van der Waals surface area contributed by atoms with Gasteiger partial charge in [0.05, 0.1) is 11.7 Å². The predicted octanol–water partition coefficient (Wildman–Crippen LogP) is 2.77. The molecule has 5 heterocycles. The van der Waals surface area contributed by atoms with Crippen LogP contribution in [0.15, 0.2) is 12.1 Å². The molecule has 6 atom stereocenters. The number of carbonyl (C=O) groups excluding carboxylic acids is 1. The Kier molecular flexibility index (Phi) is 5.46. The number of methoxy groups -OCH3 is 1. The summed E-state index contributed by atoms with van der Waals surface area (Å²) < 4.78 is 30.5. The molecule has 1 saturated carbocycles. The first-order valence-corrected chi connectivity index (χ1v) is 13.1. The Morgan fingerprint density at radius 3 is 2.58 bits per heavy atom. The van der Waals surface area contributed by atoms with Crippen LogP contribution in [0.1, 0.15) is 82.4 Å². The molecule has 7 rings (SSSR count). The van der Waals surface area contributed by atoms with Gasteiger partial charge in [0.25, 0.3) is 0 Å². The first-order chi connectivity index (χ1) is 17.0. The van der Waals surface area contributed by atoms with Gasteiger partial charge < -0.3 is 33.9 Å².